The Morgan fingerprint density at radius 1 is 1.14 bits per heavy atom. The minimum absolute atomic E-state index is 0.00563. The number of aliphatic carboxylic acids is 1. The highest BCUT2D eigenvalue weighted by Gasteiger charge is 2.54. The predicted octanol–water partition coefficient (Wildman–Crippen LogP) is -1.21. The molecule has 0 unspecified atom stereocenters. The van der Waals surface area contributed by atoms with Gasteiger partial charge in [-0.1, -0.05) is 5.16 Å². The molecule has 4 amide bonds. The average molecular weight is 852 g/mol. The minimum Gasteiger partial charge on any atom is -0.503 e. The number of nitrogens with one attached hydrogen (secondary N) is 3. The van der Waals surface area contributed by atoms with Gasteiger partial charge in [-0.25, -0.2) is 19.1 Å². The molecular formula is C30H33N11O13S3. The van der Waals surface area contributed by atoms with E-state index in [0.29, 0.717) is 28.3 Å². The van der Waals surface area contributed by atoms with Gasteiger partial charge in [0.15, 0.2) is 16.6 Å². The Bertz CT molecular complexity index is 2450. The van der Waals surface area contributed by atoms with Crippen LogP contribution in [0.2, 0.25) is 0 Å². The lowest BCUT2D eigenvalue weighted by molar-refractivity contribution is -0.161. The molecule has 1 saturated heterocycles. The summed E-state index contributed by atoms with van der Waals surface area (Å²) < 4.78 is 35.8. The number of carbonyl (C=O) groups is 5. The number of β-lactam (4-membered cyclic amide) rings is 1. The van der Waals surface area contributed by atoms with Crippen LogP contribution in [-0.2, 0) is 36.1 Å². The highest BCUT2D eigenvalue weighted by molar-refractivity contribution is 7.84. The topological polar surface area (TPSA) is 353 Å². The molecular weight excluding hydrogens is 819 g/mol. The lowest BCUT2D eigenvalue weighted by Crippen LogP contribution is -2.74. The summed E-state index contributed by atoms with van der Waals surface area (Å²) in [7, 11) is -5.15. The van der Waals surface area contributed by atoms with Crippen LogP contribution >= 0.6 is 22.7 Å². The number of aromatic nitrogens is 5. The zero-order valence-electron chi connectivity index (χ0n) is 29.8. The van der Waals surface area contributed by atoms with Crippen molar-refractivity contribution in [2.75, 3.05) is 18.8 Å². The molecule has 1 aliphatic rings. The van der Waals surface area contributed by atoms with Crippen LogP contribution in [0.25, 0.3) is 10.6 Å². The van der Waals surface area contributed by atoms with Crippen LogP contribution in [0.5, 0.6) is 5.75 Å². The van der Waals surface area contributed by atoms with Crippen molar-refractivity contribution in [3.63, 3.8) is 0 Å². The fourth-order valence-corrected chi connectivity index (χ4v) is 7.21. The van der Waals surface area contributed by atoms with Crippen molar-refractivity contribution in [1.82, 2.24) is 44.7 Å². The second kappa shape index (κ2) is 16.3. The SMILES string of the molecule is Cc1c(O)c(=O)cc(C(=O)NCCCn2cc(-c3ncc(C(=O)NC[C@@H]4[C@H](NC(=O)/C(=N\OC(C)(C)C(=O)O)c5csc(N)n5)C(=O)N4S(=O)(=O)O)s3)cn2)n1O. The summed E-state index contributed by atoms with van der Waals surface area (Å²) in [5.41, 5.74) is 2.15. The van der Waals surface area contributed by atoms with Crippen molar-refractivity contribution in [1.29, 1.82) is 0 Å². The Labute approximate surface area is 328 Å². The molecule has 24 nitrogen and oxygen atoms in total. The number of nitrogens with two attached hydrogens (primary N) is 1. The largest absolute Gasteiger partial charge is 0.503 e. The van der Waals surface area contributed by atoms with Crippen molar-refractivity contribution in [2.45, 2.75) is 51.4 Å². The minimum atomic E-state index is -5.15. The maximum Gasteiger partial charge on any atom is 0.362 e. The summed E-state index contributed by atoms with van der Waals surface area (Å²) in [4.78, 5) is 88.2. The first-order valence-electron chi connectivity index (χ1n) is 16.2. The molecule has 0 spiro atoms. The Balaban J connectivity index is 1.19. The van der Waals surface area contributed by atoms with Crippen LogP contribution in [0.4, 0.5) is 5.13 Å². The number of aryl methyl sites for hydroxylation is 1. The van der Waals surface area contributed by atoms with Crippen LogP contribution in [0.15, 0.2) is 40.0 Å². The number of hydrogen-bond donors (Lipinski definition) is 8. The summed E-state index contributed by atoms with van der Waals surface area (Å²) >= 11 is 1.85. The summed E-state index contributed by atoms with van der Waals surface area (Å²) in [5, 5.41) is 45.8. The molecule has 1 aliphatic heterocycles. The third-order valence-electron chi connectivity index (χ3n) is 8.12. The van der Waals surface area contributed by atoms with E-state index in [1.807, 2.05) is 0 Å². The first-order chi connectivity index (χ1) is 26.7. The Morgan fingerprint density at radius 2 is 1.86 bits per heavy atom. The van der Waals surface area contributed by atoms with E-state index in [0.717, 1.165) is 42.6 Å². The second-order valence-electron chi connectivity index (χ2n) is 12.5. The number of carboxylic acid groups (broad SMARTS) is 1. The number of thiazole rings is 2. The van der Waals surface area contributed by atoms with Crippen LogP contribution in [0, 0.1) is 6.92 Å². The molecule has 27 heteroatoms. The van der Waals surface area contributed by atoms with Gasteiger partial charge < -0.3 is 41.9 Å². The first-order valence-corrected chi connectivity index (χ1v) is 19.3. The molecule has 304 valence electrons. The fraction of sp³-hybridized carbons (Fsp3) is 0.333. The number of hydrogen-bond acceptors (Lipinski definition) is 18. The van der Waals surface area contributed by atoms with E-state index < -0.39 is 81.0 Å². The van der Waals surface area contributed by atoms with Crippen molar-refractivity contribution < 1.29 is 57.2 Å². The van der Waals surface area contributed by atoms with Crippen molar-refractivity contribution >= 4 is 73.4 Å². The Hall–Kier alpha value is -6.45. The number of anilines is 1. The van der Waals surface area contributed by atoms with E-state index in [1.54, 1.807) is 10.9 Å². The molecule has 5 heterocycles. The van der Waals surface area contributed by atoms with Gasteiger partial charge in [0, 0.05) is 42.8 Å². The van der Waals surface area contributed by atoms with E-state index in [-0.39, 0.29) is 37.9 Å². The van der Waals surface area contributed by atoms with E-state index in [4.69, 9.17) is 10.6 Å². The molecule has 0 bridgehead atoms. The predicted molar refractivity (Wildman–Crippen MR) is 197 cm³/mol. The van der Waals surface area contributed by atoms with Gasteiger partial charge in [0.05, 0.1) is 18.4 Å². The van der Waals surface area contributed by atoms with Gasteiger partial charge in [-0.05, 0) is 27.2 Å². The molecule has 0 aromatic carbocycles. The van der Waals surface area contributed by atoms with Crippen LogP contribution in [0.1, 0.15) is 51.8 Å². The lowest BCUT2D eigenvalue weighted by atomic mass is 9.98. The zero-order valence-corrected chi connectivity index (χ0v) is 32.2. The van der Waals surface area contributed by atoms with Gasteiger partial charge in [-0.2, -0.15) is 18.2 Å². The normalized spacial score (nSPS) is 15.8. The molecule has 0 saturated carbocycles. The van der Waals surface area contributed by atoms with Crippen molar-refractivity contribution in [2.24, 2.45) is 5.16 Å². The standard InChI is InChI=1S/C30H33N11O13S3/c1-13-22(43)18(42)7-16(40(13)50)23(44)32-5-4-6-39-11-14(8-35-39)26-34-10-19(56-26)24(45)33-9-17-21(27(47)41(17)57(51,52)53)37-25(46)20(15-12-55-29(31)36-15)38-54-30(2,3)28(48)49/h7-8,10-12,17,21,43,50H,4-6,9H2,1-3H3,(H2,31,36)(H,32,44)(H,33,45)(H,37,46)(H,48,49)(H,51,52,53)/b38-20-/t17-,21+/m1/s1. The zero-order chi connectivity index (χ0) is 42.0. The molecule has 0 aliphatic carbocycles. The first kappa shape index (κ1) is 41.7. The van der Waals surface area contributed by atoms with E-state index >= 15 is 0 Å². The molecule has 57 heavy (non-hydrogen) atoms. The van der Waals surface area contributed by atoms with E-state index in [1.165, 1.54) is 24.7 Å². The molecule has 4 aromatic rings. The van der Waals surface area contributed by atoms with Crippen molar-refractivity contribution in [3.8, 4) is 16.3 Å². The molecule has 1 fully saturated rings. The number of carbonyl (C=O) groups excluding carboxylic acids is 4. The third kappa shape index (κ3) is 9.17. The van der Waals surface area contributed by atoms with Crippen molar-refractivity contribution in [3.05, 3.63) is 62.2 Å². The Morgan fingerprint density at radius 3 is 2.51 bits per heavy atom. The van der Waals surface area contributed by atoms with Gasteiger partial charge in [0.2, 0.25) is 11.0 Å². The number of nitrogen functional groups attached to an aromatic ring is 1. The Kier molecular flexibility index (Phi) is 12.0. The number of oxime groups is 1. The van der Waals surface area contributed by atoms with E-state index in [2.05, 4.69) is 36.2 Å². The van der Waals surface area contributed by atoms with Gasteiger partial charge in [0.1, 0.15) is 33.0 Å². The number of nitrogens with zero attached hydrogens (tertiary/aromatic N) is 7. The molecule has 5 rings (SSSR count). The lowest BCUT2D eigenvalue weighted by Gasteiger charge is -2.44. The summed E-state index contributed by atoms with van der Waals surface area (Å²) in [6, 6.07) is -2.34. The summed E-state index contributed by atoms with van der Waals surface area (Å²) in [5.74, 6) is -6.00. The van der Waals surface area contributed by atoms with Gasteiger partial charge in [-0.3, -0.25) is 33.2 Å². The number of pyridine rings is 1. The van der Waals surface area contributed by atoms with E-state index in [9.17, 15) is 57.2 Å². The summed E-state index contributed by atoms with van der Waals surface area (Å²) in [6.45, 7) is 3.43. The monoisotopic (exact) mass is 851 g/mol. The highest BCUT2D eigenvalue weighted by Crippen LogP contribution is 2.27. The van der Waals surface area contributed by atoms with Crippen LogP contribution < -0.4 is 27.1 Å². The number of aromatic hydroxyl groups is 1. The maximum atomic E-state index is 13.3. The third-order valence-corrected chi connectivity index (χ3v) is 10.8. The quantitative estimate of drug-likeness (QED) is 0.0164. The molecule has 0 radical (unpaired) electrons. The molecule has 2 atom stereocenters. The van der Waals surface area contributed by atoms with Crippen LogP contribution in [0.3, 0.4) is 0 Å². The number of amides is 4. The molecule has 9 N–H and O–H groups in total. The van der Waals surface area contributed by atoms with Gasteiger partial charge in [-0.15, -0.1) is 22.7 Å². The summed E-state index contributed by atoms with van der Waals surface area (Å²) in [6.07, 6.45) is 4.71. The maximum absolute atomic E-state index is 13.3. The van der Waals surface area contributed by atoms with Gasteiger partial charge in [0.25, 0.3) is 23.6 Å². The van der Waals surface area contributed by atoms with Crippen LogP contribution in [-0.4, -0.2) is 123 Å². The van der Waals surface area contributed by atoms with Gasteiger partial charge >= 0.3 is 16.3 Å². The average Bonchev–Trinajstić information content (AvgIpc) is 3.92. The smallest absolute Gasteiger partial charge is 0.362 e. The number of carboxylic acids is 1. The number of rotatable bonds is 16. The highest BCUT2D eigenvalue weighted by atomic mass is 32.2. The fourth-order valence-electron chi connectivity index (χ4n) is 4.97. The second-order valence-corrected chi connectivity index (χ2v) is 15.7. The molecule has 4 aromatic heterocycles.